The number of amides is 1. The summed E-state index contributed by atoms with van der Waals surface area (Å²) in [6, 6.07) is 18.0. The second-order valence-corrected chi connectivity index (χ2v) is 10.9. The van der Waals surface area contributed by atoms with Gasteiger partial charge < -0.3 is 24.6 Å². The number of aryl methyl sites for hydroxylation is 1. The Bertz CT molecular complexity index is 1640. The predicted molar refractivity (Wildman–Crippen MR) is 178 cm³/mol. The first-order valence-electron chi connectivity index (χ1n) is 15.5. The first-order chi connectivity index (χ1) is 22.2. The van der Waals surface area contributed by atoms with Gasteiger partial charge in [-0.3, -0.25) is 20.3 Å². The number of aromatic nitrogens is 3. The van der Waals surface area contributed by atoms with E-state index < -0.39 is 12.1 Å². The van der Waals surface area contributed by atoms with Crippen molar-refractivity contribution in [2.24, 2.45) is 7.05 Å². The molecular weight excluding hydrogens is 586 g/mol. The number of pyridine rings is 1. The maximum Gasteiger partial charge on any atom is 0.412 e. The van der Waals surface area contributed by atoms with Gasteiger partial charge in [0.15, 0.2) is 5.78 Å². The van der Waals surface area contributed by atoms with Gasteiger partial charge in [-0.15, -0.1) is 0 Å². The van der Waals surface area contributed by atoms with E-state index >= 15 is 0 Å². The van der Waals surface area contributed by atoms with Crippen LogP contribution in [0.3, 0.4) is 0 Å². The van der Waals surface area contributed by atoms with Crippen LogP contribution in [-0.2, 0) is 23.1 Å². The Morgan fingerprint density at radius 3 is 2.46 bits per heavy atom. The highest BCUT2D eigenvalue weighted by Gasteiger charge is 2.16. The Hall–Kier alpha value is -5.26. The lowest BCUT2D eigenvalue weighted by molar-refractivity contribution is -0.136. The molecule has 12 heteroatoms. The van der Waals surface area contributed by atoms with Crippen molar-refractivity contribution in [2.45, 2.75) is 52.0 Å². The molecule has 0 aliphatic rings. The number of Topliss-reactive ketones (excluding diaryl/α,β-unsaturated/α-hetero) is 1. The number of hydrogen-bond donors (Lipinski definition) is 4. The van der Waals surface area contributed by atoms with E-state index in [4.69, 9.17) is 20.2 Å². The average molecular weight is 628 g/mol. The minimum atomic E-state index is -0.907. The molecule has 242 valence electrons. The van der Waals surface area contributed by atoms with Crippen molar-refractivity contribution in [1.82, 2.24) is 19.9 Å². The van der Waals surface area contributed by atoms with Gasteiger partial charge in [0, 0.05) is 49.6 Å². The summed E-state index contributed by atoms with van der Waals surface area (Å²) in [6.07, 6.45) is 5.19. The molecule has 2 aromatic heterocycles. The van der Waals surface area contributed by atoms with E-state index in [1.165, 1.54) is 0 Å². The molecule has 1 amide bonds. The van der Waals surface area contributed by atoms with Crippen LogP contribution >= 0.6 is 0 Å². The fraction of sp³-hybridized carbons (Fsp3) is 0.353. The second-order valence-electron chi connectivity index (χ2n) is 10.9. The number of carbonyl (C=O) groups excluding carboxylic acids is 2. The molecule has 0 radical (unpaired) electrons. The monoisotopic (exact) mass is 627 g/mol. The Kier molecular flexibility index (Phi) is 12.2. The van der Waals surface area contributed by atoms with Crippen molar-refractivity contribution in [3.8, 4) is 0 Å². The maximum atomic E-state index is 13.1. The Morgan fingerprint density at radius 2 is 1.74 bits per heavy atom. The van der Waals surface area contributed by atoms with Gasteiger partial charge >= 0.3 is 12.1 Å². The lowest BCUT2D eigenvalue weighted by atomic mass is 10.1. The summed E-state index contributed by atoms with van der Waals surface area (Å²) in [5.41, 5.74) is 3.50. The summed E-state index contributed by atoms with van der Waals surface area (Å²) in [5.74, 6) is 0.399. The Morgan fingerprint density at radius 1 is 0.978 bits per heavy atom. The number of rotatable bonds is 17. The highest BCUT2D eigenvalue weighted by atomic mass is 16.5. The van der Waals surface area contributed by atoms with Crippen LogP contribution in [0.4, 0.5) is 16.3 Å². The fourth-order valence-electron chi connectivity index (χ4n) is 4.91. The molecular formula is C34H41N7O5. The van der Waals surface area contributed by atoms with E-state index in [1.54, 1.807) is 42.6 Å². The smallest absolute Gasteiger partial charge is 0.412 e. The summed E-state index contributed by atoms with van der Waals surface area (Å²) in [7, 11) is 1.92. The van der Waals surface area contributed by atoms with Crippen LogP contribution in [0.2, 0.25) is 0 Å². The molecule has 0 aliphatic carbocycles. The first-order valence-corrected chi connectivity index (χ1v) is 15.5. The van der Waals surface area contributed by atoms with Crippen molar-refractivity contribution >= 4 is 46.2 Å². The van der Waals surface area contributed by atoms with Gasteiger partial charge in [0.05, 0.1) is 30.6 Å². The molecule has 2 aromatic carbocycles. The summed E-state index contributed by atoms with van der Waals surface area (Å²) >= 11 is 0. The number of nitrogens with zero attached hydrogens (tertiary/aromatic N) is 4. The highest BCUT2D eigenvalue weighted by molar-refractivity contribution is 6.04. The van der Waals surface area contributed by atoms with E-state index in [2.05, 4.69) is 22.5 Å². The first kappa shape index (κ1) is 33.6. The summed E-state index contributed by atoms with van der Waals surface area (Å²) in [5, 5.41) is 23.1. The van der Waals surface area contributed by atoms with Crippen LogP contribution in [-0.4, -0.2) is 63.0 Å². The standard InChI is InChI=1S/C34H41N7O5/c1-3-4-5-8-21-46-34(45)39-33(35)24-10-13-26(14-11-24)37-23-31-38-27-22-25(12-15-28(27)40(31)2)29(42)16-19-41(20-17-32(43)44)30-9-6-7-18-36-30/h6-7,9-15,18,22,37H,3-5,8,16-17,19-21,23H2,1-2H3,(H,43,44)(H2,35,39,45). The molecule has 12 nitrogen and oxygen atoms in total. The number of imidazole rings is 1. The number of ether oxygens (including phenoxy) is 1. The molecule has 0 spiro atoms. The SMILES string of the molecule is CCCCCCOC(=O)NC(=N)c1ccc(NCc2nc3cc(C(=O)CCN(CCC(=O)O)c4ccccn4)ccc3n2C)cc1. The number of hydrogen-bond acceptors (Lipinski definition) is 9. The normalized spacial score (nSPS) is 10.8. The number of carboxylic acid groups (broad SMARTS) is 1. The van der Waals surface area contributed by atoms with Crippen molar-refractivity contribution in [3.05, 3.63) is 83.8 Å². The highest BCUT2D eigenvalue weighted by Crippen LogP contribution is 2.20. The molecule has 4 N–H and O–H groups in total. The molecule has 0 saturated carbocycles. The van der Waals surface area contributed by atoms with Crippen LogP contribution in [0.25, 0.3) is 11.0 Å². The van der Waals surface area contributed by atoms with Crippen molar-refractivity contribution in [3.63, 3.8) is 0 Å². The lowest BCUT2D eigenvalue weighted by Crippen LogP contribution is -2.31. The van der Waals surface area contributed by atoms with Gasteiger partial charge in [-0.05, 0) is 61.0 Å². The molecule has 0 bridgehead atoms. The van der Waals surface area contributed by atoms with E-state index in [-0.39, 0.29) is 31.0 Å². The molecule has 0 aliphatic heterocycles. The molecule has 4 rings (SSSR count). The van der Waals surface area contributed by atoms with Gasteiger partial charge in [0.2, 0.25) is 0 Å². The maximum absolute atomic E-state index is 13.1. The quantitative estimate of drug-likeness (QED) is 0.0493. The van der Waals surface area contributed by atoms with Gasteiger partial charge in [0.25, 0.3) is 0 Å². The third kappa shape index (κ3) is 9.62. The van der Waals surface area contributed by atoms with E-state index in [1.807, 2.05) is 40.8 Å². The van der Waals surface area contributed by atoms with Crippen LogP contribution < -0.4 is 15.5 Å². The van der Waals surface area contributed by atoms with Gasteiger partial charge in [0.1, 0.15) is 17.5 Å². The number of benzene rings is 2. The largest absolute Gasteiger partial charge is 0.481 e. The third-order valence-corrected chi connectivity index (χ3v) is 7.56. The number of aliphatic carboxylic acids is 1. The topological polar surface area (TPSA) is 163 Å². The van der Waals surface area contributed by atoms with Gasteiger partial charge in [-0.25, -0.2) is 14.8 Å². The van der Waals surface area contributed by atoms with Crippen molar-refractivity contribution in [2.75, 3.05) is 29.9 Å². The molecule has 0 atom stereocenters. The molecule has 2 heterocycles. The van der Waals surface area contributed by atoms with Crippen molar-refractivity contribution in [1.29, 1.82) is 5.41 Å². The number of nitrogens with one attached hydrogen (secondary N) is 3. The van der Waals surface area contributed by atoms with Crippen LogP contribution in [0.15, 0.2) is 66.9 Å². The zero-order valence-electron chi connectivity index (χ0n) is 26.3. The minimum absolute atomic E-state index is 0.0319. The Balaban J connectivity index is 1.31. The van der Waals surface area contributed by atoms with Crippen LogP contribution in [0.5, 0.6) is 0 Å². The predicted octanol–water partition coefficient (Wildman–Crippen LogP) is 5.77. The molecule has 0 fully saturated rings. The van der Waals surface area contributed by atoms with E-state index in [0.717, 1.165) is 42.7 Å². The molecule has 46 heavy (non-hydrogen) atoms. The van der Waals surface area contributed by atoms with Crippen molar-refractivity contribution < 1.29 is 24.2 Å². The second kappa shape index (κ2) is 16.7. The average Bonchev–Trinajstić information content (AvgIpc) is 3.38. The van der Waals surface area contributed by atoms with Gasteiger partial charge in [-0.1, -0.05) is 32.3 Å². The number of unbranched alkanes of at least 4 members (excludes halogenated alkanes) is 3. The zero-order valence-corrected chi connectivity index (χ0v) is 26.3. The Labute approximate surface area is 268 Å². The molecule has 0 unspecified atom stereocenters. The minimum Gasteiger partial charge on any atom is -0.481 e. The zero-order chi connectivity index (χ0) is 32.9. The van der Waals surface area contributed by atoms with Gasteiger partial charge in [-0.2, -0.15) is 0 Å². The summed E-state index contributed by atoms with van der Waals surface area (Å²) < 4.78 is 7.11. The van der Waals surface area contributed by atoms with Crippen LogP contribution in [0.1, 0.15) is 67.2 Å². The number of alkyl carbamates (subject to hydrolysis) is 1. The third-order valence-electron chi connectivity index (χ3n) is 7.56. The number of amidine groups is 1. The lowest BCUT2D eigenvalue weighted by Gasteiger charge is -2.22. The molecule has 4 aromatic rings. The number of fused-ring (bicyclic) bond motifs is 1. The number of carboxylic acids is 1. The van der Waals surface area contributed by atoms with E-state index in [0.29, 0.717) is 42.2 Å². The number of ketones is 1. The molecule has 0 saturated heterocycles. The fourth-order valence-corrected chi connectivity index (χ4v) is 4.91. The number of carbonyl (C=O) groups is 3. The summed E-state index contributed by atoms with van der Waals surface area (Å²) in [4.78, 5) is 47.1. The summed E-state index contributed by atoms with van der Waals surface area (Å²) in [6.45, 7) is 3.48. The van der Waals surface area contributed by atoms with E-state index in [9.17, 15) is 14.4 Å². The number of anilines is 2. The van der Waals surface area contributed by atoms with Crippen LogP contribution in [0, 0.1) is 5.41 Å².